The summed E-state index contributed by atoms with van der Waals surface area (Å²) in [5.74, 6) is 0. The van der Waals surface area contributed by atoms with E-state index in [2.05, 4.69) is 26.1 Å². The molecule has 0 heterocycles. The van der Waals surface area contributed by atoms with Gasteiger partial charge >= 0.3 is 0 Å². The van der Waals surface area contributed by atoms with E-state index in [-0.39, 0.29) is 11.6 Å². The van der Waals surface area contributed by atoms with Gasteiger partial charge in [-0.15, -0.1) is 0 Å². The van der Waals surface area contributed by atoms with E-state index in [0.29, 0.717) is 11.6 Å². The van der Waals surface area contributed by atoms with Crippen LogP contribution in [0.15, 0.2) is 18.2 Å². The lowest BCUT2D eigenvalue weighted by Gasteiger charge is -2.37. The van der Waals surface area contributed by atoms with Crippen LogP contribution in [0, 0.1) is 0 Å². The number of benzene rings is 1. The van der Waals surface area contributed by atoms with E-state index in [1.807, 2.05) is 25.1 Å². The molecule has 0 aliphatic rings. The van der Waals surface area contributed by atoms with Gasteiger partial charge in [0.15, 0.2) is 0 Å². The molecule has 20 heavy (non-hydrogen) atoms. The minimum atomic E-state index is -0.212. The molecular formula is C16H25Cl2NO. The van der Waals surface area contributed by atoms with Gasteiger partial charge in [0.25, 0.3) is 0 Å². The standard InChI is InChI=1S/C16H25Cl2NO/c1-5-16(4,20-7-3)15(19-6-2)11-12-10-13(17)8-9-14(12)18/h8-10,15,19H,5-7,11H2,1-4H3. The predicted molar refractivity (Wildman–Crippen MR) is 88.0 cm³/mol. The highest BCUT2D eigenvalue weighted by Crippen LogP contribution is 2.27. The summed E-state index contributed by atoms with van der Waals surface area (Å²) in [6.45, 7) is 10.0. The summed E-state index contributed by atoms with van der Waals surface area (Å²) in [5, 5.41) is 5.00. The Kier molecular flexibility index (Phi) is 7.32. The maximum atomic E-state index is 6.28. The van der Waals surface area contributed by atoms with Gasteiger partial charge < -0.3 is 10.1 Å². The predicted octanol–water partition coefficient (Wildman–Crippen LogP) is 4.72. The van der Waals surface area contributed by atoms with Crippen LogP contribution in [-0.2, 0) is 11.2 Å². The molecule has 0 fully saturated rings. The van der Waals surface area contributed by atoms with Crippen LogP contribution in [-0.4, -0.2) is 24.8 Å². The van der Waals surface area contributed by atoms with Crippen LogP contribution in [0.3, 0.4) is 0 Å². The van der Waals surface area contributed by atoms with Crippen molar-refractivity contribution in [1.29, 1.82) is 0 Å². The maximum absolute atomic E-state index is 6.28. The van der Waals surface area contributed by atoms with Crippen molar-refractivity contribution < 1.29 is 4.74 Å². The third-order valence-electron chi connectivity index (χ3n) is 3.80. The summed E-state index contributed by atoms with van der Waals surface area (Å²) >= 11 is 12.4. The van der Waals surface area contributed by atoms with Gasteiger partial charge in [0.2, 0.25) is 0 Å². The van der Waals surface area contributed by atoms with Crippen molar-refractivity contribution in [2.24, 2.45) is 0 Å². The smallest absolute Gasteiger partial charge is 0.0807 e. The van der Waals surface area contributed by atoms with Gasteiger partial charge in [-0.1, -0.05) is 37.0 Å². The number of nitrogens with one attached hydrogen (secondary N) is 1. The van der Waals surface area contributed by atoms with Crippen molar-refractivity contribution in [2.45, 2.75) is 52.2 Å². The van der Waals surface area contributed by atoms with E-state index in [9.17, 15) is 0 Å². The summed E-state index contributed by atoms with van der Waals surface area (Å²) in [4.78, 5) is 0. The van der Waals surface area contributed by atoms with Crippen molar-refractivity contribution >= 4 is 23.2 Å². The van der Waals surface area contributed by atoms with Crippen LogP contribution in [0.1, 0.15) is 39.7 Å². The largest absolute Gasteiger partial charge is 0.374 e. The molecule has 0 saturated carbocycles. The Morgan fingerprint density at radius 1 is 1.25 bits per heavy atom. The van der Waals surface area contributed by atoms with Crippen molar-refractivity contribution in [1.82, 2.24) is 5.32 Å². The fraction of sp³-hybridized carbons (Fsp3) is 0.625. The first-order chi connectivity index (χ1) is 9.46. The molecule has 0 aromatic heterocycles. The Morgan fingerprint density at radius 3 is 2.50 bits per heavy atom. The second-order valence-electron chi connectivity index (χ2n) is 5.15. The molecule has 1 aromatic carbocycles. The number of halogens is 2. The van der Waals surface area contributed by atoms with Gasteiger partial charge in [0.1, 0.15) is 0 Å². The third-order valence-corrected chi connectivity index (χ3v) is 4.40. The summed E-state index contributed by atoms with van der Waals surface area (Å²) < 4.78 is 6.00. The number of hydrogen-bond donors (Lipinski definition) is 1. The summed E-state index contributed by atoms with van der Waals surface area (Å²) in [5.41, 5.74) is 0.848. The topological polar surface area (TPSA) is 21.3 Å². The molecule has 4 heteroatoms. The van der Waals surface area contributed by atoms with Gasteiger partial charge in [-0.05, 0) is 57.0 Å². The van der Waals surface area contributed by atoms with Crippen LogP contribution in [0.2, 0.25) is 10.0 Å². The molecule has 0 amide bonds. The lowest BCUT2D eigenvalue weighted by Crippen LogP contribution is -2.51. The Balaban J connectivity index is 2.99. The first kappa shape index (κ1) is 17.8. The van der Waals surface area contributed by atoms with E-state index in [4.69, 9.17) is 27.9 Å². The number of ether oxygens (including phenoxy) is 1. The fourth-order valence-electron chi connectivity index (χ4n) is 2.45. The van der Waals surface area contributed by atoms with Crippen molar-refractivity contribution in [2.75, 3.05) is 13.2 Å². The summed E-state index contributed by atoms with van der Waals surface area (Å²) in [6, 6.07) is 5.81. The van der Waals surface area contributed by atoms with Crippen molar-refractivity contribution in [3.63, 3.8) is 0 Å². The minimum Gasteiger partial charge on any atom is -0.374 e. The van der Waals surface area contributed by atoms with Crippen molar-refractivity contribution in [3.05, 3.63) is 33.8 Å². The van der Waals surface area contributed by atoms with Gasteiger partial charge in [0, 0.05) is 22.7 Å². The van der Waals surface area contributed by atoms with Crippen LogP contribution in [0.5, 0.6) is 0 Å². The average molecular weight is 318 g/mol. The molecule has 1 aromatic rings. The van der Waals surface area contributed by atoms with E-state index in [1.165, 1.54) is 0 Å². The first-order valence-corrected chi connectivity index (χ1v) is 8.03. The molecular weight excluding hydrogens is 293 g/mol. The fourth-order valence-corrected chi connectivity index (χ4v) is 2.84. The summed E-state index contributed by atoms with van der Waals surface area (Å²) in [6.07, 6.45) is 1.74. The molecule has 0 bridgehead atoms. The van der Waals surface area contributed by atoms with Gasteiger partial charge in [-0.2, -0.15) is 0 Å². The van der Waals surface area contributed by atoms with E-state index in [0.717, 1.165) is 30.0 Å². The van der Waals surface area contributed by atoms with E-state index >= 15 is 0 Å². The summed E-state index contributed by atoms with van der Waals surface area (Å²) in [7, 11) is 0. The minimum absolute atomic E-state index is 0.202. The maximum Gasteiger partial charge on any atom is 0.0807 e. The zero-order chi connectivity index (χ0) is 15.2. The van der Waals surface area contributed by atoms with E-state index in [1.54, 1.807) is 0 Å². The first-order valence-electron chi connectivity index (χ1n) is 7.28. The Labute approximate surface area is 132 Å². The van der Waals surface area contributed by atoms with Crippen LogP contribution >= 0.6 is 23.2 Å². The SMILES string of the molecule is CCNC(Cc1cc(Cl)ccc1Cl)C(C)(CC)OCC. The van der Waals surface area contributed by atoms with Gasteiger partial charge in [0.05, 0.1) is 5.60 Å². The monoisotopic (exact) mass is 317 g/mol. The number of rotatable bonds is 8. The third kappa shape index (κ3) is 4.63. The second-order valence-corrected chi connectivity index (χ2v) is 5.99. The van der Waals surface area contributed by atoms with Crippen LogP contribution in [0.25, 0.3) is 0 Å². The molecule has 0 aliphatic heterocycles. The second kappa shape index (κ2) is 8.23. The number of hydrogen-bond acceptors (Lipinski definition) is 2. The number of likely N-dealkylation sites (N-methyl/N-ethyl adjacent to an activating group) is 1. The molecule has 2 nitrogen and oxygen atoms in total. The molecule has 2 unspecified atom stereocenters. The molecule has 1 N–H and O–H groups in total. The highest BCUT2D eigenvalue weighted by atomic mass is 35.5. The normalized spacial score (nSPS) is 15.9. The Hall–Kier alpha value is -0.280. The highest BCUT2D eigenvalue weighted by Gasteiger charge is 2.33. The zero-order valence-corrected chi connectivity index (χ0v) is 14.3. The van der Waals surface area contributed by atoms with Crippen LogP contribution in [0.4, 0.5) is 0 Å². The lowest BCUT2D eigenvalue weighted by molar-refractivity contribution is -0.0546. The molecule has 114 valence electrons. The average Bonchev–Trinajstić information content (AvgIpc) is 2.42. The molecule has 0 aliphatic carbocycles. The van der Waals surface area contributed by atoms with Crippen molar-refractivity contribution in [3.8, 4) is 0 Å². The molecule has 0 spiro atoms. The Bertz CT molecular complexity index is 425. The van der Waals surface area contributed by atoms with Gasteiger partial charge in [-0.25, -0.2) is 0 Å². The molecule has 2 atom stereocenters. The van der Waals surface area contributed by atoms with E-state index < -0.39 is 0 Å². The molecule has 1 rings (SSSR count). The Morgan fingerprint density at radius 2 is 1.95 bits per heavy atom. The zero-order valence-electron chi connectivity index (χ0n) is 12.8. The molecule has 0 radical (unpaired) electrons. The lowest BCUT2D eigenvalue weighted by atomic mass is 9.88. The quantitative estimate of drug-likeness (QED) is 0.749. The highest BCUT2D eigenvalue weighted by molar-refractivity contribution is 6.33. The molecule has 0 saturated heterocycles. The van der Waals surface area contributed by atoms with Gasteiger partial charge in [-0.3, -0.25) is 0 Å². The van der Waals surface area contributed by atoms with Crippen LogP contribution < -0.4 is 5.32 Å².